The summed E-state index contributed by atoms with van der Waals surface area (Å²) in [6.07, 6.45) is 0. The summed E-state index contributed by atoms with van der Waals surface area (Å²) in [6.45, 7) is 2.69. The van der Waals surface area contributed by atoms with Crippen LogP contribution < -0.4 is 11.1 Å². The number of rotatable bonds is 4. The molecule has 1 aromatic rings. The van der Waals surface area contributed by atoms with E-state index >= 15 is 0 Å². The fraction of sp³-hybridized carbons (Fsp3) is 0.455. The Morgan fingerprint density at radius 2 is 1.93 bits per heavy atom. The van der Waals surface area contributed by atoms with Crippen LogP contribution in [0.1, 0.15) is 18.5 Å². The Balaban J connectivity index is 2.84. The highest BCUT2D eigenvalue weighted by atomic mass is 19.1. The molecule has 1 aromatic carbocycles. The van der Waals surface area contributed by atoms with E-state index in [1.807, 2.05) is 7.05 Å². The molecule has 0 amide bonds. The molecule has 0 fully saturated rings. The molecule has 3 heteroatoms. The van der Waals surface area contributed by atoms with Crippen LogP contribution in [0.25, 0.3) is 0 Å². The van der Waals surface area contributed by atoms with Gasteiger partial charge in [0.1, 0.15) is 5.82 Å². The van der Waals surface area contributed by atoms with E-state index in [-0.39, 0.29) is 11.9 Å². The second-order valence-electron chi connectivity index (χ2n) is 3.53. The molecule has 2 atom stereocenters. The summed E-state index contributed by atoms with van der Waals surface area (Å²) in [5.74, 6) is 0.134. The van der Waals surface area contributed by atoms with E-state index in [0.29, 0.717) is 12.5 Å². The van der Waals surface area contributed by atoms with Gasteiger partial charge in [0.25, 0.3) is 0 Å². The molecule has 14 heavy (non-hydrogen) atoms. The van der Waals surface area contributed by atoms with Crippen LogP contribution in [0, 0.1) is 11.7 Å². The number of hydrogen-bond acceptors (Lipinski definition) is 2. The van der Waals surface area contributed by atoms with Crippen LogP contribution in [0.5, 0.6) is 0 Å². The normalized spacial score (nSPS) is 15.1. The lowest BCUT2D eigenvalue weighted by atomic mass is 9.95. The van der Waals surface area contributed by atoms with Gasteiger partial charge in [0.15, 0.2) is 0 Å². The van der Waals surface area contributed by atoms with Crippen molar-refractivity contribution in [2.75, 3.05) is 13.6 Å². The fourth-order valence-electron chi connectivity index (χ4n) is 1.59. The standard InChI is InChI=1S/C11H17FN2/c1-8(7-13)11(14-2)9-3-5-10(12)6-4-9/h3-6,8,11,14H,7,13H2,1-2H3. The zero-order valence-corrected chi connectivity index (χ0v) is 8.63. The van der Waals surface area contributed by atoms with Gasteiger partial charge >= 0.3 is 0 Å². The molecule has 2 unspecified atom stereocenters. The highest BCUT2D eigenvalue weighted by Crippen LogP contribution is 2.20. The van der Waals surface area contributed by atoms with Gasteiger partial charge in [0, 0.05) is 6.04 Å². The minimum Gasteiger partial charge on any atom is -0.330 e. The summed E-state index contributed by atoms with van der Waals surface area (Å²) in [6, 6.07) is 6.73. The highest BCUT2D eigenvalue weighted by molar-refractivity contribution is 5.20. The summed E-state index contributed by atoms with van der Waals surface area (Å²) < 4.78 is 12.7. The Labute approximate surface area is 84.3 Å². The number of nitrogens with two attached hydrogens (primary N) is 1. The van der Waals surface area contributed by atoms with Crippen LogP contribution in [0.2, 0.25) is 0 Å². The lowest BCUT2D eigenvalue weighted by Crippen LogP contribution is -2.28. The molecule has 0 aromatic heterocycles. The zero-order valence-electron chi connectivity index (χ0n) is 8.63. The molecule has 2 nitrogen and oxygen atoms in total. The molecular weight excluding hydrogens is 179 g/mol. The fourth-order valence-corrected chi connectivity index (χ4v) is 1.59. The highest BCUT2D eigenvalue weighted by Gasteiger charge is 2.15. The van der Waals surface area contributed by atoms with Gasteiger partial charge in [-0.05, 0) is 37.2 Å². The Kier molecular flexibility index (Phi) is 4.04. The molecule has 78 valence electrons. The van der Waals surface area contributed by atoms with Crippen molar-refractivity contribution in [3.05, 3.63) is 35.6 Å². The number of hydrogen-bond donors (Lipinski definition) is 2. The van der Waals surface area contributed by atoms with Crippen molar-refractivity contribution in [3.63, 3.8) is 0 Å². The third-order valence-electron chi connectivity index (χ3n) is 2.48. The molecule has 3 N–H and O–H groups in total. The molecule has 0 bridgehead atoms. The first-order valence-electron chi connectivity index (χ1n) is 4.81. The van der Waals surface area contributed by atoms with E-state index in [2.05, 4.69) is 12.2 Å². The van der Waals surface area contributed by atoms with E-state index in [1.165, 1.54) is 12.1 Å². The maximum absolute atomic E-state index is 12.7. The van der Waals surface area contributed by atoms with Crippen LogP contribution in [-0.4, -0.2) is 13.6 Å². The van der Waals surface area contributed by atoms with Crippen LogP contribution in [0.3, 0.4) is 0 Å². The first-order chi connectivity index (χ1) is 6.69. The lowest BCUT2D eigenvalue weighted by Gasteiger charge is -2.22. The molecule has 0 heterocycles. The predicted octanol–water partition coefficient (Wildman–Crippen LogP) is 1.68. The number of nitrogens with one attached hydrogen (secondary N) is 1. The van der Waals surface area contributed by atoms with E-state index in [9.17, 15) is 4.39 Å². The second-order valence-corrected chi connectivity index (χ2v) is 3.53. The Morgan fingerprint density at radius 1 is 1.36 bits per heavy atom. The summed E-state index contributed by atoms with van der Waals surface area (Å²) >= 11 is 0. The van der Waals surface area contributed by atoms with Crippen molar-refractivity contribution in [1.82, 2.24) is 5.32 Å². The van der Waals surface area contributed by atoms with Crippen molar-refractivity contribution in [3.8, 4) is 0 Å². The van der Waals surface area contributed by atoms with Gasteiger partial charge in [0.05, 0.1) is 0 Å². The van der Waals surface area contributed by atoms with Crippen molar-refractivity contribution < 1.29 is 4.39 Å². The van der Waals surface area contributed by atoms with Crippen molar-refractivity contribution in [1.29, 1.82) is 0 Å². The van der Waals surface area contributed by atoms with E-state index in [0.717, 1.165) is 5.56 Å². The SMILES string of the molecule is CNC(c1ccc(F)cc1)C(C)CN. The van der Waals surface area contributed by atoms with Crippen molar-refractivity contribution in [2.24, 2.45) is 11.7 Å². The Bertz CT molecular complexity index is 271. The first-order valence-corrected chi connectivity index (χ1v) is 4.81. The average molecular weight is 196 g/mol. The lowest BCUT2D eigenvalue weighted by molar-refractivity contribution is 0.419. The van der Waals surface area contributed by atoms with Gasteiger partial charge in [-0.25, -0.2) is 4.39 Å². The van der Waals surface area contributed by atoms with Gasteiger partial charge in [-0.3, -0.25) is 0 Å². The maximum Gasteiger partial charge on any atom is 0.123 e. The molecular formula is C11H17FN2. The smallest absolute Gasteiger partial charge is 0.123 e. The van der Waals surface area contributed by atoms with Crippen LogP contribution in [-0.2, 0) is 0 Å². The number of benzene rings is 1. The van der Waals surface area contributed by atoms with Gasteiger partial charge in [-0.15, -0.1) is 0 Å². The van der Waals surface area contributed by atoms with E-state index in [4.69, 9.17) is 5.73 Å². The van der Waals surface area contributed by atoms with Gasteiger partial charge in [-0.2, -0.15) is 0 Å². The monoisotopic (exact) mass is 196 g/mol. The second kappa shape index (κ2) is 5.08. The molecule has 0 aliphatic heterocycles. The first kappa shape index (κ1) is 11.1. The van der Waals surface area contributed by atoms with Crippen molar-refractivity contribution in [2.45, 2.75) is 13.0 Å². The summed E-state index contributed by atoms with van der Waals surface area (Å²) in [5.41, 5.74) is 6.68. The largest absolute Gasteiger partial charge is 0.330 e. The summed E-state index contributed by atoms with van der Waals surface area (Å²) in [5, 5.41) is 3.19. The average Bonchev–Trinajstić information content (AvgIpc) is 2.21. The van der Waals surface area contributed by atoms with Gasteiger partial charge in [-0.1, -0.05) is 19.1 Å². The third-order valence-corrected chi connectivity index (χ3v) is 2.48. The molecule has 0 spiro atoms. The Morgan fingerprint density at radius 3 is 2.36 bits per heavy atom. The quantitative estimate of drug-likeness (QED) is 0.769. The molecule has 0 aliphatic carbocycles. The maximum atomic E-state index is 12.7. The third kappa shape index (κ3) is 2.53. The van der Waals surface area contributed by atoms with Gasteiger partial charge in [0.2, 0.25) is 0 Å². The Hall–Kier alpha value is -0.930. The molecule has 0 saturated heterocycles. The minimum atomic E-state index is -0.205. The predicted molar refractivity (Wildman–Crippen MR) is 56.4 cm³/mol. The van der Waals surface area contributed by atoms with Gasteiger partial charge < -0.3 is 11.1 Å². The zero-order chi connectivity index (χ0) is 10.6. The van der Waals surface area contributed by atoms with Crippen LogP contribution in [0.15, 0.2) is 24.3 Å². The van der Waals surface area contributed by atoms with Crippen molar-refractivity contribution >= 4 is 0 Å². The van der Waals surface area contributed by atoms with E-state index in [1.54, 1.807) is 12.1 Å². The topological polar surface area (TPSA) is 38.0 Å². The van der Waals surface area contributed by atoms with Crippen LogP contribution >= 0.6 is 0 Å². The minimum absolute atomic E-state index is 0.195. The van der Waals surface area contributed by atoms with E-state index < -0.39 is 0 Å². The molecule has 0 aliphatic rings. The summed E-state index contributed by atoms with van der Waals surface area (Å²) in [4.78, 5) is 0. The number of halogens is 1. The molecule has 1 rings (SSSR count). The van der Waals surface area contributed by atoms with Crippen LogP contribution in [0.4, 0.5) is 4.39 Å². The molecule has 0 radical (unpaired) electrons. The summed E-state index contributed by atoms with van der Waals surface area (Å²) in [7, 11) is 1.89. The molecule has 0 saturated carbocycles.